The summed E-state index contributed by atoms with van der Waals surface area (Å²) < 4.78 is 23.9. The molecule has 0 amide bonds. The van der Waals surface area contributed by atoms with Crippen LogP contribution in [0.4, 0.5) is 11.4 Å². The third-order valence-corrected chi connectivity index (χ3v) is 4.08. The van der Waals surface area contributed by atoms with Crippen LogP contribution in [0.1, 0.15) is 6.92 Å². The van der Waals surface area contributed by atoms with E-state index in [0.29, 0.717) is 33.8 Å². The van der Waals surface area contributed by atoms with Gasteiger partial charge in [-0.05, 0) is 31.2 Å². The molecule has 0 unspecified atom stereocenters. The van der Waals surface area contributed by atoms with E-state index in [2.05, 4.69) is 14.4 Å². The molecule has 0 fully saturated rings. The smallest absolute Gasteiger partial charge is 0.456 e. The van der Waals surface area contributed by atoms with E-state index in [9.17, 15) is 14.7 Å². The van der Waals surface area contributed by atoms with E-state index in [1.165, 1.54) is 26.4 Å². The minimum Gasteiger partial charge on any atom is -0.456 e. The van der Waals surface area contributed by atoms with Crippen molar-refractivity contribution in [1.82, 2.24) is 0 Å². The molecule has 2 aromatic carbocycles. The van der Waals surface area contributed by atoms with Crippen LogP contribution in [-0.2, 0) is 13.6 Å². The number of benzene rings is 2. The second-order valence-electron chi connectivity index (χ2n) is 4.73. The second kappa shape index (κ2) is 11.7. The summed E-state index contributed by atoms with van der Waals surface area (Å²) in [6, 6.07) is 9.32. The third-order valence-electron chi connectivity index (χ3n) is 2.95. The second-order valence-corrected chi connectivity index (χ2v) is 6.75. The lowest BCUT2D eigenvalue weighted by molar-refractivity contribution is -0.384. The molecule has 0 aliphatic rings. The van der Waals surface area contributed by atoms with Crippen molar-refractivity contribution >= 4 is 42.8 Å². The predicted molar refractivity (Wildman–Crippen MR) is 105 cm³/mol. The predicted octanol–water partition coefficient (Wildman–Crippen LogP) is 6.06. The number of ether oxygens (including phenoxy) is 1. The molecule has 0 aliphatic heterocycles. The highest BCUT2D eigenvalue weighted by atomic mass is 35.5. The molecule has 146 valence electrons. The molecule has 1 N–H and O–H groups in total. The number of rotatable bonds is 7. The third kappa shape index (κ3) is 7.66. The zero-order chi connectivity index (χ0) is 20.4. The SMILES string of the molecule is CCNc1cc(Oc2ccc(Cl)cc2Cl)ccc1[N+](=O)[O-].CO[P+](=O)OC. The summed E-state index contributed by atoms with van der Waals surface area (Å²) in [6.45, 7) is 2.42. The number of nitrogens with zero attached hydrogens (tertiary/aromatic N) is 1. The van der Waals surface area contributed by atoms with Gasteiger partial charge in [-0.2, -0.15) is 0 Å². The maximum Gasteiger partial charge on any atom is 0.696 e. The minimum absolute atomic E-state index is 0.00796. The van der Waals surface area contributed by atoms with Crippen LogP contribution in [0, 0.1) is 10.1 Å². The van der Waals surface area contributed by atoms with Gasteiger partial charge in [-0.1, -0.05) is 23.2 Å². The normalized spacial score (nSPS) is 9.81. The lowest BCUT2D eigenvalue weighted by Gasteiger charge is -2.10. The van der Waals surface area contributed by atoms with Gasteiger partial charge in [-0.15, -0.1) is 9.05 Å². The average Bonchev–Trinajstić information content (AvgIpc) is 2.64. The van der Waals surface area contributed by atoms with Gasteiger partial charge in [0, 0.05) is 28.3 Å². The summed E-state index contributed by atoms with van der Waals surface area (Å²) in [5, 5.41) is 14.7. The number of nitro groups is 1. The van der Waals surface area contributed by atoms with Gasteiger partial charge in [0.25, 0.3) is 5.69 Å². The van der Waals surface area contributed by atoms with E-state index in [1.807, 2.05) is 6.92 Å². The van der Waals surface area contributed by atoms with E-state index < -0.39 is 13.2 Å². The van der Waals surface area contributed by atoms with Crippen LogP contribution in [-0.4, -0.2) is 25.7 Å². The Kier molecular flexibility index (Phi) is 9.99. The van der Waals surface area contributed by atoms with Crippen LogP contribution < -0.4 is 10.1 Å². The summed E-state index contributed by atoms with van der Waals surface area (Å²) in [7, 11) is 0.817. The summed E-state index contributed by atoms with van der Waals surface area (Å²) in [6.07, 6.45) is 0. The fourth-order valence-corrected chi connectivity index (χ4v) is 2.43. The molecule has 0 aliphatic carbocycles. The Bertz CT molecular complexity index is 800. The van der Waals surface area contributed by atoms with Crippen molar-refractivity contribution in [2.24, 2.45) is 0 Å². The van der Waals surface area contributed by atoms with Gasteiger partial charge >= 0.3 is 8.25 Å². The van der Waals surface area contributed by atoms with E-state index in [0.717, 1.165) is 0 Å². The number of hydrogen-bond donors (Lipinski definition) is 1. The topological polar surface area (TPSA) is 99.9 Å². The van der Waals surface area contributed by atoms with Gasteiger partial charge in [0.05, 0.1) is 24.2 Å². The number of nitro benzene ring substituents is 1. The quantitative estimate of drug-likeness (QED) is 0.320. The fraction of sp³-hybridized carbons (Fsp3) is 0.250. The molecule has 27 heavy (non-hydrogen) atoms. The first-order chi connectivity index (χ1) is 12.8. The van der Waals surface area contributed by atoms with Crippen LogP contribution in [0.3, 0.4) is 0 Å². The standard InChI is InChI=1S/C14H12Cl2N2O3.C2H6O3P/c1-2-17-12-8-10(4-5-13(12)18(19)20)21-14-6-3-9(15)7-11(14)16;1-4-6(3)5-2/h3-8,17H,2H2,1H3;1-2H3/q;+1. The molecule has 0 bridgehead atoms. The summed E-state index contributed by atoms with van der Waals surface area (Å²) in [4.78, 5) is 10.5. The van der Waals surface area contributed by atoms with E-state index in [1.54, 1.807) is 24.3 Å². The zero-order valence-corrected chi connectivity index (χ0v) is 17.2. The molecule has 0 radical (unpaired) electrons. The highest BCUT2D eigenvalue weighted by Gasteiger charge is 2.15. The van der Waals surface area contributed by atoms with E-state index in [4.69, 9.17) is 27.9 Å². The van der Waals surface area contributed by atoms with E-state index in [-0.39, 0.29) is 5.69 Å². The highest BCUT2D eigenvalue weighted by molar-refractivity contribution is 7.33. The average molecular weight is 436 g/mol. The van der Waals surface area contributed by atoms with Gasteiger partial charge in [0.15, 0.2) is 0 Å². The minimum atomic E-state index is -1.83. The number of halogens is 2. The maximum absolute atomic E-state index is 10.9. The van der Waals surface area contributed by atoms with Crippen molar-refractivity contribution in [2.45, 2.75) is 6.92 Å². The van der Waals surface area contributed by atoms with Gasteiger partial charge < -0.3 is 10.1 Å². The first-order valence-corrected chi connectivity index (χ1v) is 9.38. The Morgan fingerprint density at radius 3 is 2.30 bits per heavy atom. The summed E-state index contributed by atoms with van der Waals surface area (Å²) in [5.41, 5.74) is 0.386. The van der Waals surface area contributed by atoms with Crippen LogP contribution in [0.5, 0.6) is 11.5 Å². The molecule has 0 saturated heterocycles. The Morgan fingerprint density at radius 1 is 1.15 bits per heavy atom. The lowest BCUT2D eigenvalue weighted by atomic mass is 10.2. The van der Waals surface area contributed by atoms with Crippen LogP contribution in [0.25, 0.3) is 0 Å². The maximum atomic E-state index is 10.9. The van der Waals surface area contributed by atoms with Gasteiger partial charge in [-0.3, -0.25) is 10.1 Å². The number of anilines is 1. The molecule has 8 nitrogen and oxygen atoms in total. The van der Waals surface area contributed by atoms with Crippen molar-refractivity contribution in [1.29, 1.82) is 0 Å². The molecule has 2 aromatic rings. The molecule has 0 heterocycles. The molecule has 0 spiro atoms. The van der Waals surface area contributed by atoms with Gasteiger partial charge in [0.1, 0.15) is 17.2 Å². The molecule has 0 aromatic heterocycles. The molecule has 0 atom stereocenters. The molecule has 2 rings (SSSR count). The highest BCUT2D eigenvalue weighted by Crippen LogP contribution is 2.35. The fourth-order valence-electron chi connectivity index (χ4n) is 1.83. The molecular formula is C16H18Cl2N2O6P+. The Morgan fingerprint density at radius 2 is 1.81 bits per heavy atom. The number of nitrogens with one attached hydrogen (secondary N) is 1. The van der Waals surface area contributed by atoms with Crippen LogP contribution in [0.2, 0.25) is 10.0 Å². The van der Waals surface area contributed by atoms with Crippen LogP contribution >= 0.6 is 31.5 Å². The molecular weight excluding hydrogens is 418 g/mol. The summed E-state index contributed by atoms with van der Waals surface area (Å²) >= 11 is 11.8. The molecule has 0 saturated carbocycles. The lowest BCUT2D eigenvalue weighted by Crippen LogP contribution is -2.01. The van der Waals surface area contributed by atoms with Crippen molar-refractivity contribution in [2.75, 3.05) is 26.1 Å². The van der Waals surface area contributed by atoms with Crippen molar-refractivity contribution in [3.05, 3.63) is 56.6 Å². The first-order valence-electron chi connectivity index (χ1n) is 7.53. The Balaban J connectivity index is 0.000000527. The van der Waals surface area contributed by atoms with Gasteiger partial charge in [-0.25, -0.2) is 0 Å². The summed E-state index contributed by atoms with van der Waals surface area (Å²) in [5.74, 6) is 0.873. The van der Waals surface area contributed by atoms with Crippen molar-refractivity contribution in [3.63, 3.8) is 0 Å². The Hall–Kier alpha value is -1.96. The monoisotopic (exact) mass is 435 g/mol. The molecule has 11 heteroatoms. The number of hydrogen-bond acceptors (Lipinski definition) is 7. The largest absolute Gasteiger partial charge is 0.696 e. The Labute approximate surface area is 167 Å². The van der Waals surface area contributed by atoms with Crippen molar-refractivity contribution < 1.29 is 23.3 Å². The van der Waals surface area contributed by atoms with E-state index >= 15 is 0 Å². The van der Waals surface area contributed by atoms with Crippen molar-refractivity contribution in [3.8, 4) is 11.5 Å². The van der Waals surface area contributed by atoms with Crippen LogP contribution in [0.15, 0.2) is 36.4 Å². The first kappa shape index (κ1) is 23.1. The van der Waals surface area contributed by atoms with Gasteiger partial charge in [0.2, 0.25) is 0 Å². The zero-order valence-electron chi connectivity index (χ0n) is 14.8.